The Morgan fingerprint density at radius 1 is 1.59 bits per heavy atom. The fourth-order valence-electron chi connectivity index (χ4n) is 1.95. The van der Waals surface area contributed by atoms with Gasteiger partial charge in [0.05, 0.1) is 12.7 Å². The second-order valence-corrected chi connectivity index (χ2v) is 4.81. The van der Waals surface area contributed by atoms with Gasteiger partial charge in [-0.15, -0.1) is 0 Å². The number of nitrogens with one attached hydrogen (secondary N) is 1. The van der Waals surface area contributed by atoms with Gasteiger partial charge >= 0.3 is 5.69 Å². The molecule has 0 aromatic carbocycles. The minimum Gasteiger partial charge on any atom is -0.393 e. The molecule has 0 fully saturated rings. The van der Waals surface area contributed by atoms with Gasteiger partial charge in [0, 0.05) is 16.7 Å². The van der Waals surface area contributed by atoms with Crippen LogP contribution in [0.1, 0.15) is 32.1 Å². The van der Waals surface area contributed by atoms with Crippen molar-refractivity contribution in [2.45, 2.75) is 45.2 Å². The zero-order valence-electron chi connectivity index (χ0n) is 12.6. The molecule has 10 heteroatoms. The lowest BCUT2D eigenvalue weighted by atomic mass is 10.1. The summed E-state index contributed by atoms with van der Waals surface area (Å²) in [5.74, 6) is 0. The largest absolute Gasteiger partial charge is 0.393 e. The van der Waals surface area contributed by atoms with Crippen molar-refractivity contribution in [3.8, 4) is 0 Å². The molecule has 1 aromatic heterocycles. The van der Waals surface area contributed by atoms with Crippen LogP contribution in [0.4, 0.5) is 0 Å². The van der Waals surface area contributed by atoms with Crippen LogP contribution in [0, 0.1) is 6.92 Å². The average molecular weight is 313 g/mol. The topological polar surface area (TPSA) is 153 Å². The van der Waals surface area contributed by atoms with Crippen LogP contribution in [-0.4, -0.2) is 38.2 Å². The molecule has 1 heterocycles. The van der Waals surface area contributed by atoms with Crippen LogP contribution in [0.3, 0.4) is 0 Å². The van der Waals surface area contributed by atoms with E-state index in [0.717, 1.165) is 4.57 Å². The Morgan fingerprint density at radius 2 is 2.23 bits per heavy atom. The summed E-state index contributed by atoms with van der Waals surface area (Å²) in [6.45, 7) is 3.81. The first-order chi connectivity index (χ1) is 10.3. The normalized spacial score (nSPS) is 16.4. The molecule has 0 spiro atoms. The highest BCUT2D eigenvalue weighted by molar-refractivity contribution is 5.01. The van der Waals surface area contributed by atoms with Crippen LogP contribution in [0.2, 0.25) is 0 Å². The van der Waals surface area contributed by atoms with Crippen molar-refractivity contribution >= 4 is 0 Å². The second kappa shape index (κ2) is 7.23. The third-order valence-electron chi connectivity index (χ3n) is 3.26. The Kier molecular flexibility index (Phi) is 5.89. The highest BCUT2D eigenvalue weighted by atomic mass is 16.6. The fraction of sp³-hybridized carbons (Fsp3) is 0.667. The van der Waals surface area contributed by atoms with E-state index in [1.165, 1.54) is 20.0 Å². The molecule has 1 rings (SSSR count). The monoisotopic (exact) mass is 313 g/mol. The average Bonchev–Trinajstić information content (AvgIpc) is 2.49. The zero-order chi connectivity index (χ0) is 16.9. The maximum atomic E-state index is 11.8. The summed E-state index contributed by atoms with van der Waals surface area (Å²) >= 11 is 0. The summed E-state index contributed by atoms with van der Waals surface area (Å²) in [5.41, 5.74) is 5.75. The number of aliphatic hydroxyl groups is 2. The smallest absolute Gasteiger partial charge is 0.330 e. The number of hydrogen-bond donors (Lipinski definition) is 3. The molecule has 3 unspecified atom stereocenters. The first-order valence-corrected chi connectivity index (χ1v) is 6.66. The highest BCUT2D eigenvalue weighted by Crippen LogP contribution is 2.26. The van der Waals surface area contributed by atoms with Crippen molar-refractivity contribution in [2.24, 2.45) is 5.11 Å². The molecule has 1 aromatic rings. The van der Waals surface area contributed by atoms with Gasteiger partial charge in [-0.2, -0.15) is 0 Å². The molecule has 0 saturated carbocycles. The molecule has 10 nitrogen and oxygen atoms in total. The Hall–Kier alpha value is -2.13. The second-order valence-electron chi connectivity index (χ2n) is 4.81. The van der Waals surface area contributed by atoms with Crippen LogP contribution < -0.4 is 11.2 Å². The molecule has 22 heavy (non-hydrogen) atoms. The molecule has 0 amide bonds. The van der Waals surface area contributed by atoms with E-state index < -0.39 is 35.9 Å². The van der Waals surface area contributed by atoms with Gasteiger partial charge in [-0.25, -0.2) is 4.79 Å². The third kappa shape index (κ3) is 3.55. The van der Waals surface area contributed by atoms with Crippen LogP contribution in [0.5, 0.6) is 0 Å². The minimum atomic E-state index is -1.92. The molecule has 0 bridgehead atoms. The van der Waals surface area contributed by atoms with Crippen molar-refractivity contribution in [3.63, 3.8) is 0 Å². The predicted octanol–water partition coefficient (Wildman–Crippen LogP) is 0.150. The first kappa shape index (κ1) is 17.9. The van der Waals surface area contributed by atoms with Crippen molar-refractivity contribution in [2.75, 3.05) is 6.61 Å². The molecule has 0 aliphatic carbocycles. The lowest BCUT2D eigenvalue weighted by Gasteiger charge is -2.34. The number of nitrogens with zero attached hydrogens (tertiary/aromatic N) is 4. The summed E-state index contributed by atoms with van der Waals surface area (Å²) in [4.78, 5) is 27.9. The van der Waals surface area contributed by atoms with Gasteiger partial charge in [-0.3, -0.25) is 14.3 Å². The minimum absolute atomic E-state index is 0.159. The molecule has 0 radical (unpaired) electrons. The number of hydrogen-bond acceptors (Lipinski definition) is 6. The van der Waals surface area contributed by atoms with E-state index in [1.807, 2.05) is 0 Å². The van der Waals surface area contributed by atoms with Crippen LogP contribution >= 0.6 is 0 Å². The highest BCUT2D eigenvalue weighted by Gasteiger charge is 2.39. The summed E-state index contributed by atoms with van der Waals surface area (Å²) in [7, 11) is 0. The molecule has 0 saturated heterocycles. The van der Waals surface area contributed by atoms with Gasteiger partial charge in [0.1, 0.15) is 6.23 Å². The number of aromatic amines is 1. The lowest BCUT2D eigenvalue weighted by Crippen LogP contribution is -2.48. The Labute approximate surface area is 125 Å². The molecular weight excluding hydrogens is 294 g/mol. The molecule has 0 aliphatic rings. The van der Waals surface area contributed by atoms with Crippen LogP contribution in [0.25, 0.3) is 10.4 Å². The number of aromatic nitrogens is 2. The van der Waals surface area contributed by atoms with E-state index in [4.69, 9.17) is 10.3 Å². The van der Waals surface area contributed by atoms with E-state index in [1.54, 1.807) is 6.92 Å². The maximum Gasteiger partial charge on any atom is 0.330 e. The van der Waals surface area contributed by atoms with Gasteiger partial charge in [0.2, 0.25) is 0 Å². The Morgan fingerprint density at radius 3 is 2.73 bits per heavy atom. The number of aliphatic hydroxyl groups excluding tert-OH is 2. The van der Waals surface area contributed by atoms with Crippen molar-refractivity contribution < 1.29 is 14.9 Å². The van der Waals surface area contributed by atoms with E-state index >= 15 is 0 Å². The summed E-state index contributed by atoms with van der Waals surface area (Å²) in [5, 5.41) is 22.8. The van der Waals surface area contributed by atoms with Gasteiger partial charge in [-0.1, -0.05) is 12.0 Å². The van der Waals surface area contributed by atoms with Gasteiger partial charge in [0.15, 0.2) is 5.72 Å². The summed E-state index contributed by atoms with van der Waals surface area (Å²) in [6.07, 6.45) is -0.828. The molecule has 0 aliphatic heterocycles. The maximum absolute atomic E-state index is 11.8. The quantitative estimate of drug-likeness (QED) is 0.371. The molecule has 3 atom stereocenters. The number of H-pyrrole nitrogens is 1. The molecule has 3 N–H and O–H groups in total. The Bertz CT molecular complexity index is 677. The van der Waals surface area contributed by atoms with Gasteiger partial charge in [-0.05, 0) is 25.8 Å². The predicted molar refractivity (Wildman–Crippen MR) is 77.1 cm³/mol. The van der Waals surface area contributed by atoms with E-state index in [9.17, 15) is 19.8 Å². The van der Waals surface area contributed by atoms with E-state index in [0.29, 0.717) is 0 Å². The van der Waals surface area contributed by atoms with Gasteiger partial charge < -0.3 is 14.9 Å². The Balaban J connectivity index is 3.24. The van der Waals surface area contributed by atoms with Gasteiger partial charge in [0.25, 0.3) is 5.56 Å². The number of ether oxygens (including phenoxy) is 1. The van der Waals surface area contributed by atoms with Crippen molar-refractivity contribution in [3.05, 3.63) is 43.0 Å². The van der Waals surface area contributed by atoms with E-state index in [2.05, 4.69) is 15.0 Å². The zero-order valence-corrected chi connectivity index (χ0v) is 12.6. The lowest BCUT2D eigenvalue weighted by molar-refractivity contribution is -0.189. The molecular formula is C12H19N5O5. The van der Waals surface area contributed by atoms with Crippen molar-refractivity contribution in [1.29, 1.82) is 0 Å². The number of azide groups is 1. The SMILES string of the molecule is CCC(O)C(CO)(N=[N+]=[N-])OC(C)n1cc(C)c(=O)[nH]c1=O. The summed E-state index contributed by atoms with van der Waals surface area (Å²) in [6, 6.07) is 0. The van der Waals surface area contributed by atoms with Crippen molar-refractivity contribution in [1.82, 2.24) is 9.55 Å². The summed E-state index contributed by atoms with van der Waals surface area (Å²) < 4.78 is 6.53. The molecule has 122 valence electrons. The third-order valence-corrected chi connectivity index (χ3v) is 3.26. The fourth-order valence-corrected chi connectivity index (χ4v) is 1.95. The number of rotatable bonds is 7. The number of aryl methyl sites for hydroxylation is 1. The van der Waals surface area contributed by atoms with Crippen LogP contribution in [0.15, 0.2) is 20.9 Å². The standard InChI is InChI=1S/C12H19N5O5/c1-4-9(19)12(6-18,15-16-13)22-8(3)17-5-7(2)10(20)14-11(17)21/h5,8-9,18-19H,4,6H2,1-3H3,(H,14,20,21). The van der Waals surface area contributed by atoms with E-state index in [-0.39, 0.29) is 12.0 Å². The van der Waals surface area contributed by atoms with Crippen LogP contribution in [-0.2, 0) is 4.74 Å². The first-order valence-electron chi connectivity index (χ1n) is 6.66.